The van der Waals surface area contributed by atoms with E-state index in [1.54, 1.807) is 0 Å². The van der Waals surface area contributed by atoms with Crippen LogP contribution in [0.25, 0.3) is 16.8 Å². The predicted molar refractivity (Wildman–Crippen MR) is 134 cm³/mol. The Hall–Kier alpha value is -4.12. The smallest absolute Gasteiger partial charge is 0.253 e. The average molecular weight is 450 g/mol. The summed E-state index contributed by atoms with van der Waals surface area (Å²) < 4.78 is 2.01. The van der Waals surface area contributed by atoms with E-state index in [0.29, 0.717) is 37.3 Å². The van der Waals surface area contributed by atoms with E-state index in [1.807, 2.05) is 106 Å². The molecule has 3 aromatic carbocycles. The molecule has 0 atom stereocenters. The predicted octanol–water partition coefficient (Wildman–Crippen LogP) is 5.13. The van der Waals surface area contributed by atoms with E-state index >= 15 is 0 Å². The molecule has 34 heavy (non-hydrogen) atoms. The zero-order chi connectivity index (χ0) is 23.3. The van der Waals surface area contributed by atoms with Gasteiger partial charge in [0.05, 0.1) is 0 Å². The molecular formula is C29H27N3O2. The van der Waals surface area contributed by atoms with Crippen LogP contribution in [0.15, 0.2) is 103 Å². The van der Waals surface area contributed by atoms with Crippen molar-refractivity contribution in [3.05, 3.63) is 115 Å². The van der Waals surface area contributed by atoms with Crippen LogP contribution in [0.3, 0.4) is 0 Å². The molecule has 1 aliphatic rings. The lowest BCUT2D eigenvalue weighted by Crippen LogP contribution is -2.37. The molecule has 1 fully saturated rings. The van der Waals surface area contributed by atoms with Crippen molar-refractivity contribution in [2.75, 3.05) is 26.2 Å². The molecule has 2 heterocycles. The van der Waals surface area contributed by atoms with Crippen LogP contribution in [-0.2, 0) is 0 Å². The van der Waals surface area contributed by atoms with Crippen molar-refractivity contribution in [2.45, 2.75) is 6.42 Å². The van der Waals surface area contributed by atoms with E-state index in [9.17, 15) is 9.59 Å². The highest BCUT2D eigenvalue weighted by Crippen LogP contribution is 2.20. The second-order valence-corrected chi connectivity index (χ2v) is 8.52. The fourth-order valence-corrected chi connectivity index (χ4v) is 4.41. The van der Waals surface area contributed by atoms with Crippen molar-refractivity contribution >= 4 is 11.8 Å². The van der Waals surface area contributed by atoms with Crippen LogP contribution in [0.1, 0.15) is 27.1 Å². The van der Waals surface area contributed by atoms with Gasteiger partial charge in [0.1, 0.15) is 0 Å². The van der Waals surface area contributed by atoms with E-state index in [4.69, 9.17) is 0 Å². The lowest BCUT2D eigenvalue weighted by Gasteiger charge is -2.22. The van der Waals surface area contributed by atoms with Gasteiger partial charge in [-0.1, -0.05) is 42.5 Å². The van der Waals surface area contributed by atoms with Gasteiger partial charge in [0.25, 0.3) is 11.8 Å². The van der Waals surface area contributed by atoms with Gasteiger partial charge in [-0.15, -0.1) is 0 Å². The average Bonchev–Trinajstić information content (AvgIpc) is 3.33. The fraction of sp³-hybridized carbons (Fsp3) is 0.172. The molecule has 5 heteroatoms. The van der Waals surface area contributed by atoms with Crippen LogP contribution < -0.4 is 0 Å². The Labute approximate surface area is 199 Å². The summed E-state index contributed by atoms with van der Waals surface area (Å²) in [5.74, 6) is 0.0329. The van der Waals surface area contributed by atoms with Gasteiger partial charge >= 0.3 is 0 Å². The molecule has 0 spiro atoms. The Morgan fingerprint density at radius 3 is 1.59 bits per heavy atom. The van der Waals surface area contributed by atoms with Crippen LogP contribution in [0.4, 0.5) is 0 Å². The number of hydrogen-bond donors (Lipinski definition) is 0. The SMILES string of the molecule is O=C(c1ccc(-c2ccccc2)cc1)N1CCCN(C(=O)c2ccc(-n3cccc3)cc2)CC1. The summed E-state index contributed by atoms with van der Waals surface area (Å²) in [6, 6.07) is 29.5. The van der Waals surface area contributed by atoms with Crippen molar-refractivity contribution < 1.29 is 9.59 Å². The van der Waals surface area contributed by atoms with E-state index in [0.717, 1.165) is 23.2 Å². The summed E-state index contributed by atoms with van der Waals surface area (Å²) in [6.45, 7) is 2.36. The van der Waals surface area contributed by atoms with Crippen molar-refractivity contribution in [3.8, 4) is 16.8 Å². The van der Waals surface area contributed by atoms with Gasteiger partial charge < -0.3 is 14.4 Å². The molecule has 2 amide bonds. The Bertz CT molecular complexity index is 1250. The molecule has 4 aromatic rings. The number of nitrogens with zero attached hydrogens (tertiary/aromatic N) is 3. The lowest BCUT2D eigenvalue weighted by molar-refractivity contribution is 0.0719. The van der Waals surface area contributed by atoms with Crippen molar-refractivity contribution in [1.29, 1.82) is 0 Å². The Balaban J connectivity index is 1.22. The molecule has 0 aliphatic carbocycles. The number of carbonyl (C=O) groups is 2. The van der Waals surface area contributed by atoms with Crippen molar-refractivity contribution in [2.24, 2.45) is 0 Å². The van der Waals surface area contributed by atoms with Crippen LogP contribution in [0, 0.1) is 0 Å². The van der Waals surface area contributed by atoms with Crippen molar-refractivity contribution in [1.82, 2.24) is 14.4 Å². The summed E-state index contributed by atoms with van der Waals surface area (Å²) in [5.41, 5.74) is 4.60. The standard InChI is InChI=1S/C29H27N3O2/c33-28(25-11-9-24(10-12-25)23-7-2-1-3-8-23)31-19-6-20-32(22-21-31)29(34)26-13-15-27(16-14-26)30-17-4-5-18-30/h1-5,7-18H,6,19-22H2. The highest BCUT2D eigenvalue weighted by Gasteiger charge is 2.23. The number of hydrogen-bond acceptors (Lipinski definition) is 2. The molecule has 5 nitrogen and oxygen atoms in total. The Morgan fingerprint density at radius 1 is 0.529 bits per heavy atom. The lowest BCUT2D eigenvalue weighted by atomic mass is 10.0. The largest absolute Gasteiger partial charge is 0.337 e. The van der Waals surface area contributed by atoms with Crippen LogP contribution in [-0.4, -0.2) is 52.4 Å². The maximum absolute atomic E-state index is 13.1. The molecule has 0 radical (unpaired) electrons. The topological polar surface area (TPSA) is 45.6 Å². The summed E-state index contributed by atoms with van der Waals surface area (Å²) >= 11 is 0. The zero-order valence-corrected chi connectivity index (χ0v) is 19.0. The second-order valence-electron chi connectivity index (χ2n) is 8.52. The number of carbonyl (C=O) groups excluding carboxylic acids is 2. The van der Waals surface area contributed by atoms with Crippen LogP contribution in [0.5, 0.6) is 0 Å². The van der Waals surface area contributed by atoms with Gasteiger partial charge in [0.15, 0.2) is 0 Å². The van der Waals surface area contributed by atoms with Gasteiger partial charge in [0.2, 0.25) is 0 Å². The van der Waals surface area contributed by atoms with Gasteiger partial charge in [-0.05, 0) is 66.1 Å². The summed E-state index contributed by atoms with van der Waals surface area (Å²) in [6.07, 6.45) is 4.72. The van der Waals surface area contributed by atoms with E-state index in [2.05, 4.69) is 12.1 Å². The molecular weight excluding hydrogens is 422 g/mol. The molecule has 0 unspecified atom stereocenters. The molecule has 1 aromatic heterocycles. The zero-order valence-electron chi connectivity index (χ0n) is 19.0. The summed E-state index contributed by atoms with van der Waals surface area (Å²) in [7, 11) is 0. The van der Waals surface area contributed by atoms with Crippen LogP contribution >= 0.6 is 0 Å². The quantitative estimate of drug-likeness (QED) is 0.433. The maximum Gasteiger partial charge on any atom is 0.253 e. The highest BCUT2D eigenvalue weighted by molar-refractivity contribution is 5.96. The van der Waals surface area contributed by atoms with E-state index in [-0.39, 0.29) is 11.8 Å². The van der Waals surface area contributed by atoms with Crippen LogP contribution in [0.2, 0.25) is 0 Å². The minimum atomic E-state index is 0.0144. The Kier molecular flexibility index (Phi) is 6.25. The second kappa shape index (κ2) is 9.79. The number of amides is 2. The minimum Gasteiger partial charge on any atom is -0.337 e. The first-order chi connectivity index (χ1) is 16.7. The fourth-order valence-electron chi connectivity index (χ4n) is 4.41. The normalized spacial score (nSPS) is 14.0. The monoisotopic (exact) mass is 449 g/mol. The number of rotatable bonds is 4. The first kappa shape index (κ1) is 21.7. The molecule has 0 saturated carbocycles. The minimum absolute atomic E-state index is 0.0144. The first-order valence-electron chi connectivity index (χ1n) is 11.7. The Morgan fingerprint density at radius 2 is 1.03 bits per heavy atom. The van der Waals surface area contributed by atoms with Gasteiger partial charge in [-0.2, -0.15) is 0 Å². The first-order valence-corrected chi connectivity index (χ1v) is 11.7. The molecule has 170 valence electrons. The summed E-state index contributed by atoms with van der Waals surface area (Å²) in [4.78, 5) is 29.9. The highest BCUT2D eigenvalue weighted by atomic mass is 16.2. The van der Waals surface area contributed by atoms with Gasteiger partial charge in [-0.3, -0.25) is 9.59 Å². The molecule has 0 N–H and O–H groups in total. The third-order valence-corrected chi connectivity index (χ3v) is 6.33. The van der Waals surface area contributed by atoms with E-state index in [1.165, 1.54) is 0 Å². The van der Waals surface area contributed by atoms with Gasteiger partial charge in [-0.25, -0.2) is 0 Å². The van der Waals surface area contributed by atoms with E-state index < -0.39 is 0 Å². The third-order valence-electron chi connectivity index (χ3n) is 6.33. The molecule has 5 rings (SSSR count). The van der Waals surface area contributed by atoms with Gasteiger partial charge in [0, 0.05) is 55.4 Å². The molecule has 1 saturated heterocycles. The maximum atomic E-state index is 13.1. The summed E-state index contributed by atoms with van der Waals surface area (Å²) in [5, 5.41) is 0. The molecule has 1 aliphatic heterocycles. The third kappa shape index (κ3) is 4.64. The number of aromatic nitrogens is 1. The van der Waals surface area contributed by atoms with Crippen molar-refractivity contribution in [3.63, 3.8) is 0 Å². The molecule has 0 bridgehead atoms. The number of benzene rings is 3.